The van der Waals surface area contributed by atoms with Gasteiger partial charge in [0.05, 0.1) is 24.2 Å². The molecule has 8 heteroatoms. The van der Waals surface area contributed by atoms with Crippen LogP contribution >= 0.6 is 11.6 Å². The first-order valence-corrected chi connectivity index (χ1v) is 11.2. The standard InChI is InChI=1S/C23H26ClN5O2/c1-14-9-19-17(12-29(14)20-10-21(24)27-18-7-3-6-16(18)20)22(26-13-25-19)15-5-4-8-28(11-15)23(30)31-2/h3,6,10,13-15H,4-5,7-9,11-12H2,1-2H3/t14-,15-/m1/s1. The lowest BCUT2D eigenvalue weighted by molar-refractivity contribution is 0.110. The van der Waals surface area contributed by atoms with Crippen LogP contribution in [-0.4, -0.2) is 52.2 Å². The fraction of sp³-hybridized carbons (Fsp3) is 0.478. The number of ether oxygens (including phenoxy) is 1. The number of fused-ring (bicyclic) bond motifs is 2. The van der Waals surface area contributed by atoms with E-state index in [0.717, 1.165) is 67.1 Å². The van der Waals surface area contributed by atoms with E-state index in [1.807, 2.05) is 6.07 Å². The number of methoxy groups -OCH3 is 1. The highest BCUT2D eigenvalue weighted by Gasteiger charge is 2.33. The molecule has 0 saturated carbocycles. The Morgan fingerprint density at radius 1 is 1.29 bits per heavy atom. The van der Waals surface area contributed by atoms with Gasteiger partial charge in [0.1, 0.15) is 11.5 Å². The smallest absolute Gasteiger partial charge is 0.409 e. The van der Waals surface area contributed by atoms with Crippen molar-refractivity contribution in [1.82, 2.24) is 19.9 Å². The molecule has 0 aromatic carbocycles. The van der Waals surface area contributed by atoms with Gasteiger partial charge in [-0.15, -0.1) is 0 Å². The Kier molecular flexibility index (Phi) is 5.30. The molecule has 4 heterocycles. The van der Waals surface area contributed by atoms with Crippen molar-refractivity contribution < 1.29 is 9.53 Å². The normalized spacial score (nSPS) is 22.3. The zero-order valence-corrected chi connectivity index (χ0v) is 18.6. The first-order valence-electron chi connectivity index (χ1n) is 10.8. The predicted octanol–water partition coefficient (Wildman–Crippen LogP) is 3.99. The second kappa shape index (κ2) is 8.11. The van der Waals surface area contributed by atoms with E-state index in [2.05, 4.69) is 33.9 Å². The van der Waals surface area contributed by atoms with E-state index in [9.17, 15) is 4.79 Å². The molecule has 0 N–H and O–H groups in total. The molecule has 31 heavy (non-hydrogen) atoms. The number of aromatic nitrogens is 3. The van der Waals surface area contributed by atoms with Crippen LogP contribution in [-0.2, 0) is 24.1 Å². The Hall–Kier alpha value is -2.67. The van der Waals surface area contributed by atoms with Crippen LogP contribution < -0.4 is 4.90 Å². The van der Waals surface area contributed by atoms with E-state index >= 15 is 0 Å². The van der Waals surface area contributed by atoms with Crippen molar-refractivity contribution in [3.8, 4) is 0 Å². The third-order valence-corrected chi connectivity index (χ3v) is 6.84. The monoisotopic (exact) mass is 439 g/mol. The highest BCUT2D eigenvalue weighted by Crippen LogP contribution is 2.38. The molecule has 2 aromatic rings. The van der Waals surface area contributed by atoms with Crippen LogP contribution in [0.5, 0.6) is 0 Å². The van der Waals surface area contributed by atoms with Crippen molar-refractivity contribution in [2.45, 2.75) is 51.1 Å². The Morgan fingerprint density at radius 2 is 2.16 bits per heavy atom. The van der Waals surface area contributed by atoms with Gasteiger partial charge in [-0.3, -0.25) is 0 Å². The van der Waals surface area contributed by atoms with E-state index in [4.69, 9.17) is 21.3 Å². The number of hydrogen-bond donors (Lipinski definition) is 0. The van der Waals surface area contributed by atoms with Crippen LogP contribution in [0.15, 0.2) is 18.5 Å². The van der Waals surface area contributed by atoms with Crippen molar-refractivity contribution in [1.29, 1.82) is 0 Å². The Labute approximate surface area is 187 Å². The van der Waals surface area contributed by atoms with Gasteiger partial charge in [-0.2, -0.15) is 0 Å². The SMILES string of the molecule is COC(=O)N1CCC[C@@H](c2ncnc3c2CN(c2cc(Cl)nc4c2C=CC4)[C@H](C)C3)C1. The molecule has 7 nitrogen and oxygen atoms in total. The highest BCUT2D eigenvalue weighted by molar-refractivity contribution is 6.29. The van der Waals surface area contributed by atoms with Gasteiger partial charge in [0.15, 0.2) is 0 Å². The number of amides is 1. The number of rotatable bonds is 2. The summed E-state index contributed by atoms with van der Waals surface area (Å²) in [4.78, 5) is 30.1. The van der Waals surface area contributed by atoms with Crippen LogP contribution in [0.2, 0.25) is 5.15 Å². The van der Waals surface area contributed by atoms with Gasteiger partial charge < -0.3 is 14.5 Å². The maximum absolute atomic E-state index is 12.1. The lowest BCUT2D eigenvalue weighted by atomic mass is 9.88. The summed E-state index contributed by atoms with van der Waals surface area (Å²) in [5.41, 5.74) is 6.66. The Balaban J connectivity index is 1.50. The summed E-state index contributed by atoms with van der Waals surface area (Å²) in [6.45, 7) is 4.31. The van der Waals surface area contributed by atoms with Crippen LogP contribution in [0, 0.1) is 0 Å². The average molecular weight is 440 g/mol. The molecule has 0 unspecified atom stereocenters. The van der Waals surface area contributed by atoms with Gasteiger partial charge in [0.2, 0.25) is 0 Å². The number of pyridine rings is 1. The fourth-order valence-corrected chi connectivity index (χ4v) is 5.33. The van der Waals surface area contributed by atoms with Crippen molar-refractivity contribution >= 4 is 29.5 Å². The number of anilines is 1. The van der Waals surface area contributed by atoms with Crippen LogP contribution in [0.25, 0.3) is 6.08 Å². The molecule has 1 amide bonds. The Bertz CT molecular complexity index is 1060. The molecule has 1 fully saturated rings. The number of allylic oxidation sites excluding steroid dienone is 1. The molecule has 3 aliphatic rings. The molecule has 0 radical (unpaired) electrons. The molecule has 1 aliphatic carbocycles. The van der Waals surface area contributed by atoms with Crippen LogP contribution in [0.4, 0.5) is 10.5 Å². The lowest BCUT2D eigenvalue weighted by Crippen LogP contribution is -2.42. The first kappa shape index (κ1) is 20.2. The lowest BCUT2D eigenvalue weighted by Gasteiger charge is -2.39. The van der Waals surface area contributed by atoms with Gasteiger partial charge in [-0.1, -0.05) is 23.8 Å². The topological polar surface area (TPSA) is 71.5 Å². The molecule has 1 saturated heterocycles. The van der Waals surface area contributed by atoms with Crippen molar-refractivity contribution in [3.63, 3.8) is 0 Å². The molecule has 0 bridgehead atoms. The van der Waals surface area contributed by atoms with Gasteiger partial charge >= 0.3 is 6.09 Å². The molecule has 2 aliphatic heterocycles. The zero-order chi connectivity index (χ0) is 21.5. The van der Waals surface area contributed by atoms with Gasteiger partial charge in [-0.25, -0.2) is 19.7 Å². The van der Waals surface area contributed by atoms with Gasteiger partial charge in [0.25, 0.3) is 0 Å². The van der Waals surface area contributed by atoms with E-state index in [-0.39, 0.29) is 18.1 Å². The zero-order valence-electron chi connectivity index (χ0n) is 17.8. The molecule has 5 rings (SSSR count). The second-order valence-electron chi connectivity index (χ2n) is 8.55. The number of piperidine rings is 1. The number of nitrogens with zero attached hydrogens (tertiary/aromatic N) is 5. The summed E-state index contributed by atoms with van der Waals surface area (Å²) in [5, 5.41) is 0.529. The summed E-state index contributed by atoms with van der Waals surface area (Å²) in [5.74, 6) is 0.187. The van der Waals surface area contributed by atoms with E-state index in [0.29, 0.717) is 11.7 Å². The second-order valence-corrected chi connectivity index (χ2v) is 8.94. The molecule has 2 atom stereocenters. The molecular weight excluding hydrogens is 414 g/mol. The van der Waals surface area contributed by atoms with Crippen molar-refractivity contribution in [2.24, 2.45) is 0 Å². The van der Waals surface area contributed by atoms with E-state index in [1.165, 1.54) is 12.7 Å². The van der Waals surface area contributed by atoms with Gasteiger partial charge in [-0.05, 0) is 25.8 Å². The highest BCUT2D eigenvalue weighted by atomic mass is 35.5. The molecule has 162 valence electrons. The summed E-state index contributed by atoms with van der Waals surface area (Å²) in [6, 6.07) is 2.25. The summed E-state index contributed by atoms with van der Waals surface area (Å²) in [6.07, 6.45) is 9.31. The summed E-state index contributed by atoms with van der Waals surface area (Å²) in [7, 11) is 1.44. The van der Waals surface area contributed by atoms with E-state index in [1.54, 1.807) is 11.2 Å². The summed E-state index contributed by atoms with van der Waals surface area (Å²) >= 11 is 6.37. The number of halogens is 1. The fourth-order valence-electron chi connectivity index (χ4n) is 5.12. The third kappa shape index (κ3) is 3.65. The third-order valence-electron chi connectivity index (χ3n) is 6.65. The quantitative estimate of drug-likeness (QED) is 0.659. The van der Waals surface area contributed by atoms with E-state index < -0.39 is 0 Å². The molecular formula is C23H26ClN5O2. The molecule has 2 aromatic heterocycles. The summed E-state index contributed by atoms with van der Waals surface area (Å²) < 4.78 is 4.95. The Morgan fingerprint density at radius 3 is 3.00 bits per heavy atom. The molecule has 0 spiro atoms. The minimum Gasteiger partial charge on any atom is -0.453 e. The van der Waals surface area contributed by atoms with Gasteiger partial charge in [0, 0.05) is 61.2 Å². The predicted molar refractivity (Wildman–Crippen MR) is 119 cm³/mol. The maximum atomic E-state index is 12.1. The first-order chi connectivity index (χ1) is 15.0. The number of likely N-dealkylation sites (tertiary alicyclic amines) is 1. The van der Waals surface area contributed by atoms with Crippen molar-refractivity contribution in [3.05, 3.63) is 51.8 Å². The number of hydrogen-bond acceptors (Lipinski definition) is 6. The minimum atomic E-state index is -0.267. The number of carbonyl (C=O) groups excluding carboxylic acids is 1. The van der Waals surface area contributed by atoms with Crippen LogP contribution in [0.1, 0.15) is 53.9 Å². The van der Waals surface area contributed by atoms with Crippen molar-refractivity contribution in [2.75, 3.05) is 25.1 Å². The van der Waals surface area contributed by atoms with Crippen LogP contribution in [0.3, 0.4) is 0 Å². The largest absolute Gasteiger partial charge is 0.453 e. The maximum Gasteiger partial charge on any atom is 0.409 e. The average Bonchev–Trinajstić information content (AvgIpc) is 3.25. The minimum absolute atomic E-state index is 0.187. The number of carbonyl (C=O) groups is 1.